The van der Waals surface area contributed by atoms with E-state index >= 15 is 0 Å². The predicted octanol–water partition coefficient (Wildman–Crippen LogP) is 12.2. The lowest BCUT2D eigenvalue weighted by Crippen LogP contribution is -1.97. The van der Waals surface area contributed by atoms with Gasteiger partial charge in [-0.25, -0.2) is 9.69 Å². The first-order valence-corrected chi connectivity index (χ1v) is 16.2. The van der Waals surface area contributed by atoms with E-state index in [9.17, 15) is 5.26 Å². The van der Waals surface area contributed by atoms with Crippen molar-refractivity contribution < 1.29 is 0 Å². The van der Waals surface area contributed by atoms with Crippen molar-refractivity contribution in [2.45, 2.75) is 0 Å². The summed E-state index contributed by atoms with van der Waals surface area (Å²) in [4.78, 5) is 7.65. The molecule has 9 aromatic rings. The molecule has 0 N–H and O–H groups in total. The summed E-state index contributed by atoms with van der Waals surface area (Å²) >= 11 is 0. The maximum absolute atomic E-state index is 9.67. The third kappa shape index (κ3) is 4.38. The van der Waals surface area contributed by atoms with Crippen molar-refractivity contribution in [1.82, 2.24) is 9.13 Å². The van der Waals surface area contributed by atoms with Crippen LogP contribution in [0.2, 0.25) is 0 Å². The van der Waals surface area contributed by atoms with E-state index in [1.807, 2.05) is 60.7 Å². The number of nitriles is 1. The van der Waals surface area contributed by atoms with E-state index in [1.165, 1.54) is 21.8 Å². The van der Waals surface area contributed by atoms with Gasteiger partial charge in [-0.2, -0.15) is 5.26 Å². The van der Waals surface area contributed by atoms with Gasteiger partial charge in [-0.05, 0) is 76.9 Å². The van der Waals surface area contributed by atoms with Gasteiger partial charge in [-0.15, -0.1) is 0 Å². The van der Waals surface area contributed by atoms with Crippen LogP contribution in [0.15, 0.2) is 152 Å². The minimum Gasteiger partial charge on any atom is -0.310 e. The molecule has 0 radical (unpaired) electrons. The fourth-order valence-electron chi connectivity index (χ4n) is 7.34. The SMILES string of the molecule is [C-]#[N+]c1ccc2c3cc(C#N)ccc3n(-c3ccccc3-c3cc(-c4ccc(-n5c6ccccc6c6ccccc65)cc4)ccc3[N+]#[C-])c2c1. The van der Waals surface area contributed by atoms with Crippen LogP contribution >= 0.6 is 0 Å². The van der Waals surface area contributed by atoms with E-state index < -0.39 is 0 Å². The van der Waals surface area contributed by atoms with Gasteiger partial charge in [0.25, 0.3) is 0 Å². The van der Waals surface area contributed by atoms with E-state index in [2.05, 4.69) is 116 Å². The Kier molecular flexibility index (Phi) is 6.56. The molecule has 2 aromatic heterocycles. The summed E-state index contributed by atoms with van der Waals surface area (Å²) in [6.45, 7) is 15.8. The molecule has 0 unspecified atom stereocenters. The lowest BCUT2D eigenvalue weighted by atomic mass is 9.96. The molecule has 0 aliphatic rings. The Bertz CT molecular complexity index is 2900. The molecule has 0 saturated heterocycles. The maximum Gasteiger partial charge on any atom is 0.195 e. The molecular formula is C45H25N5. The van der Waals surface area contributed by atoms with Crippen LogP contribution in [0.25, 0.3) is 86.9 Å². The molecule has 2 heterocycles. The van der Waals surface area contributed by atoms with Gasteiger partial charge in [0, 0.05) is 32.7 Å². The van der Waals surface area contributed by atoms with Gasteiger partial charge in [-0.1, -0.05) is 97.1 Å². The van der Waals surface area contributed by atoms with E-state index in [0.29, 0.717) is 16.9 Å². The third-order valence-corrected chi connectivity index (χ3v) is 9.60. The largest absolute Gasteiger partial charge is 0.310 e. The number of rotatable bonds is 4. The van der Waals surface area contributed by atoms with Crippen LogP contribution in [-0.4, -0.2) is 9.13 Å². The summed E-state index contributed by atoms with van der Waals surface area (Å²) in [5, 5.41) is 14.0. The summed E-state index contributed by atoms with van der Waals surface area (Å²) in [5.74, 6) is 0. The number of para-hydroxylation sites is 3. The van der Waals surface area contributed by atoms with Gasteiger partial charge in [0.2, 0.25) is 0 Å². The number of hydrogen-bond acceptors (Lipinski definition) is 1. The maximum atomic E-state index is 9.67. The lowest BCUT2D eigenvalue weighted by Gasteiger charge is -2.16. The third-order valence-electron chi connectivity index (χ3n) is 9.60. The smallest absolute Gasteiger partial charge is 0.195 e. The van der Waals surface area contributed by atoms with Crippen molar-refractivity contribution in [1.29, 1.82) is 5.26 Å². The summed E-state index contributed by atoms with van der Waals surface area (Å²) in [6.07, 6.45) is 0. The zero-order valence-corrected chi connectivity index (χ0v) is 26.7. The average Bonchev–Trinajstić information content (AvgIpc) is 3.69. The van der Waals surface area contributed by atoms with E-state index in [-0.39, 0.29) is 0 Å². The zero-order valence-electron chi connectivity index (χ0n) is 26.7. The topological polar surface area (TPSA) is 42.4 Å². The van der Waals surface area contributed by atoms with Gasteiger partial charge >= 0.3 is 0 Å². The van der Waals surface area contributed by atoms with Gasteiger partial charge in [0.05, 0.1) is 47.0 Å². The minimum absolute atomic E-state index is 0.535. The Morgan fingerprint density at radius 3 is 1.86 bits per heavy atom. The van der Waals surface area contributed by atoms with Crippen molar-refractivity contribution >= 4 is 55.0 Å². The number of aromatic nitrogens is 2. The monoisotopic (exact) mass is 635 g/mol. The molecule has 0 bridgehead atoms. The van der Waals surface area contributed by atoms with E-state index in [4.69, 9.17) is 13.1 Å². The number of fused-ring (bicyclic) bond motifs is 6. The highest BCUT2D eigenvalue weighted by atomic mass is 15.0. The molecule has 0 aliphatic carbocycles. The van der Waals surface area contributed by atoms with Crippen LogP contribution < -0.4 is 0 Å². The van der Waals surface area contributed by atoms with E-state index in [1.54, 1.807) is 0 Å². The second-order valence-electron chi connectivity index (χ2n) is 12.3. The average molecular weight is 636 g/mol. The molecule has 0 fully saturated rings. The molecule has 5 nitrogen and oxygen atoms in total. The molecule has 230 valence electrons. The molecule has 5 heteroatoms. The molecule has 0 amide bonds. The quantitative estimate of drug-likeness (QED) is 0.177. The van der Waals surface area contributed by atoms with Crippen LogP contribution in [0.5, 0.6) is 0 Å². The zero-order chi connectivity index (χ0) is 33.8. The second kappa shape index (κ2) is 11.4. The van der Waals surface area contributed by atoms with Gasteiger partial charge in [0.1, 0.15) is 0 Å². The van der Waals surface area contributed by atoms with Crippen molar-refractivity contribution in [3.63, 3.8) is 0 Å². The minimum atomic E-state index is 0.535. The lowest BCUT2D eigenvalue weighted by molar-refractivity contribution is 1.18. The van der Waals surface area contributed by atoms with Crippen molar-refractivity contribution in [2.24, 2.45) is 0 Å². The first-order chi connectivity index (χ1) is 24.7. The highest BCUT2D eigenvalue weighted by Crippen LogP contribution is 2.42. The van der Waals surface area contributed by atoms with Crippen LogP contribution in [0.3, 0.4) is 0 Å². The van der Waals surface area contributed by atoms with Crippen LogP contribution in [-0.2, 0) is 0 Å². The van der Waals surface area contributed by atoms with Gasteiger partial charge in [-0.3, -0.25) is 0 Å². The Labute approximate surface area is 288 Å². The molecule has 0 spiro atoms. The Morgan fingerprint density at radius 1 is 0.480 bits per heavy atom. The number of hydrogen-bond donors (Lipinski definition) is 0. The van der Waals surface area contributed by atoms with E-state index in [0.717, 1.165) is 55.4 Å². The highest BCUT2D eigenvalue weighted by Gasteiger charge is 2.19. The fraction of sp³-hybridized carbons (Fsp3) is 0. The molecule has 7 aromatic carbocycles. The molecule has 9 rings (SSSR count). The number of benzene rings is 7. The second-order valence-corrected chi connectivity index (χ2v) is 12.3. The van der Waals surface area contributed by atoms with Crippen LogP contribution in [0.4, 0.5) is 11.4 Å². The highest BCUT2D eigenvalue weighted by molar-refractivity contribution is 6.11. The van der Waals surface area contributed by atoms with Crippen molar-refractivity contribution in [3.05, 3.63) is 180 Å². The van der Waals surface area contributed by atoms with Gasteiger partial charge < -0.3 is 9.13 Å². The molecule has 0 aliphatic heterocycles. The first-order valence-electron chi connectivity index (χ1n) is 16.2. The molecular weight excluding hydrogens is 611 g/mol. The Morgan fingerprint density at radius 2 is 1.14 bits per heavy atom. The van der Waals surface area contributed by atoms with Crippen LogP contribution in [0.1, 0.15) is 5.56 Å². The fourth-order valence-corrected chi connectivity index (χ4v) is 7.34. The summed E-state index contributed by atoms with van der Waals surface area (Å²) in [6, 6.07) is 53.4. The van der Waals surface area contributed by atoms with Gasteiger partial charge in [0.15, 0.2) is 11.4 Å². The molecule has 0 saturated carbocycles. The first kappa shape index (κ1) is 28.8. The molecule has 0 atom stereocenters. The summed E-state index contributed by atoms with van der Waals surface area (Å²) in [7, 11) is 0. The summed E-state index contributed by atoms with van der Waals surface area (Å²) < 4.78 is 4.46. The van der Waals surface area contributed by atoms with Crippen molar-refractivity contribution in [2.75, 3.05) is 0 Å². The molecule has 50 heavy (non-hydrogen) atoms. The van der Waals surface area contributed by atoms with Crippen LogP contribution in [0, 0.1) is 24.5 Å². The predicted molar refractivity (Wildman–Crippen MR) is 203 cm³/mol. The van der Waals surface area contributed by atoms with Crippen molar-refractivity contribution in [3.8, 4) is 39.7 Å². The Hall–Kier alpha value is -7.39. The Balaban J connectivity index is 1.20. The standard InChI is InChI=1S/C45H25N5/c1-47-32-19-22-37-39-25-29(28-46)15-24-44(39)50(45(37)27-32)43-14-8-5-11-36(43)38-26-31(18-23-40(38)48-2)30-16-20-33(21-17-30)49-41-12-6-3-9-34(41)35-10-4-7-13-42(35)49/h3-27H. The number of nitrogens with zero attached hydrogens (tertiary/aromatic N) is 5. The normalized spacial score (nSPS) is 11.1. The summed E-state index contributed by atoms with van der Waals surface area (Å²) in [5.41, 5.74) is 11.5.